The summed E-state index contributed by atoms with van der Waals surface area (Å²) in [5.74, 6) is 0.994. The number of carbonyl (C=O) groups is 4. The normalized spacial score (nSPS) is 10.0. The monoisotopic (exact) mass is 374 g/mol. The second kappa shape index (κ2) is 8.55. The molecule has 0 aliphatic carbocycles. The SMILES string of the molecule is O=CC(=O)c1ccc(Oc2ccc(Oc3ccc(C(=O)C=O)cc3)cc2)cc1. The summed E-state index contributed by atoms with van der Waals surface area (Å²) in [4.78, 5) is 43.5. The Balaban J connectivity index is 1.63. The summed E-state index contributed by atoms with van der Waals surface area (Å²) in [6, 6.07) is 19.3. The first-order valence-corrected chi connectivity index (χ1v) is 8.24. The van der Waals surface area contributed by atoms with E-state index in [1.165, 1.54) is 24.3 Å². The number of aldehydes is 2. The van der Waals surface area contributed by atoms with Gasteiger partial charge in [-0.1, -0.05) is 0 Å². The van der Waals surface area contributed by atoms with Crippen molar-refractivity contribution in [2.75, 3.05) is 0 Å². The van der Waals surface area contributed by atoms with E-state index in [2.05, 4.69) is 0 Å². The number of benzene rings is 3. The van der Waals surface area contributed by atoms with Crippen molar-refractivity contribution in [3.8, 4) is 23.0 Å². The summed E-state index contributed by atoms with van der Waals surface area (Å²) in [5.41, 5.74) is 0.596. The molecule has 0 radical (unpaired) electrons. The highest BCUT2D eigenvalue weighted by Crippen LogP contribution is 2.27. The molecule has 28 heavy (non-hydrogen) atoms. The number of Topliss-reactive ketones (excluding diaryl/α,β-unsaturated/α-hetero) is 2. The smallest absolute Gasteiger partial charge is 0.225 e. The molecular formula is C22H14O6. The molecular weight excluding hydrogens is 360 g/mol. The summed E-state index contributed by atoms with van der Waals surface area (Å²) < 4.78 is 11.4. The Labute approximate surface area is 160 Å². The maximum Gasteiger partial charge on any atom is 0.225 e. The molecule has 0 aliphatic heterocycles. The predicted molar refractivity (Wildman–Crippen MR) is 100 cm³/mol. The van der Waals surface area contributed by atoms with Crippen LogP contribution in [0.4, 0.5) is 0 Å². The van der Waals surface area contributed by atoms with E-state index < -0.39 is 11.6 Å². The summed E-state index contributed by atoms with van der Waals surface area (Å²) in [6.45, 7) is 0. The van der Waals surface area contributed by atoms with Crippen molar-refractivity contribution >= 4 is 24.1 Å². The number of hydrogen-bond donors (Lipinski definition) is 0. The van der Waals surface area contributed by atoms with Gasteiger partial charge in [0, 0.05) is 11.1 Å². The predicted octanol–water partition coefficient (Wildman–Crippen LogP) is 4.03. The Morgan fingerprint density at radius 2 is 0.750 bits per heavy atom. The van der Waals surface area contributed by atoms with Gasteiger partial charge < -0.3 is 9.47 Å². The molecule has 0 saturated heterocycles. The van der Waals surface area contributed by atoms with Gasteiger partial charge in [0.15, 0.2) is 12.6 Å². The van der Waals surface area contributed by atoms with Gasteiger partial charge in [-0.25, -0.2) is 0 Å². The first kappa shape index (κ1) is 18.7. The van der Waals surface area contributed by atoms with Gasteiger partial charge in [-0.3, -0.25) is 19.2 Å². The summed E-state index contributed by atoms with van der Waals surface area (Å²) in [7, 11) is 0. The van der Waals surface area contributed by atoms with Crippen LogP contribution in [0.25, 0.3) is 0 Å². The fourth-order valence-corrected chi connectivity index (χ4v) is 2.36. The van der Waals surface area contributed by atoms with Gasteiger partial charge >= 0.3 is 0 Å². The van der Waals surface area contributed by atoms with Gasteiger partial charge in [-0.05, 0) is 72.8 Å². The van der Waals surface area contributed by atoms with E-state index in [-0.39, 0.29) is 12.6 Å². The average Bonchev–Trinajstić information content (AvgIpc) is 2.75. The molecule has 0 aromatic heterocycles. The third kappa shape index (κ3) is 4.56. The Morgan fingerprint density at radius 1 is 0.500 bits per heavy atom. The van der Waals surface area contributed by atoms with Crippen molar-refractivity contribution in [1.82, 2.24) is 0 Å². The highest BCUT2D eigenvalue weighted by Gasteiger charge is 2.06. The zero-order valence-electron chi connectivity index (χ0n) is 14.5. The van der Waals surface area contributed by atoms with E-state index in [4.69, 9.17) is 9.47 Å². The van der Waals surface area contributed by atoms with Crippen LogP contribution in [0.3, 0.4) is 0 Å². The van der Waals surface area contributed by atoms with Crippen LogP contribution in [-0.4, -0.2) is 24.1 Å². The van der Waals surface area contributed by atoms with Crippen LogP contribution in [0.15, 0.2) is 72.8 Å². The first-order chi connectivity index (χ1) is 13.6. The lowest BCUT2D eigenvalue weighted by Gasteiger charge is -2.09. The van der Waals surface area contributed by atoms with Crippen LogP contribution in [0.2, 0.25) is 0 Å². The van der Waals surface area contributed by atoms with Gasteiger partial charge in [0.25, 0.3) is 0 Å². The number of hydrogen-bond acceptors (Lipinski definition) is 6. The lowest BCUT2D eigenvalue weighted by molar-refractivity contribution is -0.105. The Kier molecular flexibility index (Phi) is 5.72. The van der Waals surface area contributed by atoms with E-state index in [9.17, 15) is 19.2 Å². The molecule has 3 aromatic carbocycles. The summed E-state index contributed by atoms with van der Waals surface area (Å²) >= 11 is 0. The second-order valence-corrected chi connectivity index (χ2v) is 5.69. The number of rotatable bonds is 8. The molecule has 0 fully saturated rings. The molecule has 0 bridgehead atoms. The third-order valence-electron chi connectivity index (χ3n) is 3.79. The van der Waals surface area contributed by atoms with Crippen LogP contribution >= 0.6 is 0 Å². The molecule has 3 rings (SSSR count). The van der Waals surface area contributed by atoms with Crippen molar-refractivity contribution in [2.45, 2.75) is 0 Å². The van der Waals surface area contributed by atoms with Gasteiger partial charge in [0.2, 0.25) is 11.6 Å². The number of ketones is 2. The molecule has 0 saturated carbocycles. The Bertz CT molecular complexity index is 918. The maximum absolute atomic E-state index is 11.3. The quantitative estimate of drug-likeness (QED) is 0.336. The third-order valence-corrected chi connectivity index (χ3v) is 3.79. The highest BCUT2D eigenvalue weighted by molar-refractivity contribution is 6.33. The topological polar surface area (TPSA) is 86.7 Å². The van der Waals surface area contributed by atoms with Crippen molar-refractivity contribution in [3.05, 3.63) is 83.9 Å². The Hall–Kier alpha value is -4.06. The van der Waals surface area contributed by atoms with E-state index in [1.54, 1.807) is 48.5 Å². The molecule has 0 aliphatic rings. The lowest BCUT2D eigenvalue weighted by atomic mass is 10.1. The highest BCUT2D eigenvalue weighted by atomic mass is 16.5. The lowest BCUT2D eigenvalue weighted by Crippen LogP contribution is -1.99. The molecule has 6 nitrogen and oxygen atoms in total. The van der Waals surface area contributed by atoms with E-state index >= 15 is 0 Å². The van der Waals surface area contributed by atoms with Crippen LogP contribution < -0.4 is 9.47 Å². The summed E-state index contributed by atoms with van der Waals surface area (Å²) in [6.07, 6.45) is 0.532. The molecule has 6 heteroatoms. The van der Waals surface area contributed by atoms with E-state index in [0.29, 0.717) is 34.1 Å². The van der Waals surface area contributed by atoms with Gasteiger partial charge in [0.05, 0.1) is 0 Å². The zero-order valence-corrected chi connectivity index (χ0v) is 14.5. The zero-order chi connectivity index (χ0) is 19.9. The van der Waals surface area contributed by atoms with Gasteiger partial charge in [-0.15, -0.1) is 0 Å². The average molecular weight is 374 g/mol. The minimum atomic E-state index is -0.586. The van der Waals surface area contributed by atoms with Gasteiger partial charge in [-0.2, -0.15) is 0 Å². The van der Waals surface area contributed by atoms with Crippen molar-refractivity contribution < 1.29 is 28.7 Å². The van der Waals surface area contributed by atoms with Crippen molar-refractivity contribution in [3.63, 3.8) is 0 Å². The fourth-order valence-electron chi connectivity index (χ4n) is 2.36. The minimum absolute atomic E-state index is 0.266. The summed E-state index contributed by atoms with van der Waals surface area (Å²) in [5, 5.41) is 0. The molecule has 0 heterocycles. The Morgan fingerprint density at radius 3 is 1.00 bits per heavy atom. The molecule has 0 unspecified atom stereocenters. The second-order valence-electron chi connectivity index (χ2n) is 5.69. The minimum Gasteiger partial charge on any atom is -0.457 e. The van der Waals surface area contributed by atoms with Crippen LogP contribution in [0, 0.1) is 0 Å². The van der Waals surface area contributed by atoms with Crippen LogP contribution in [0.5, 0.6) is 23.0 Å². The molecule has 0 N–H and O–H groups in total. The largest absolute Gasteiger partial charge is 0.457 e. The standard InChI is InChI=1S/C22H14O6/c23-13-21(25)15-1-5-17(6-2-15)27-19-9-11-20(12-10-19)28-18-7-3-16(4-8-18)22(26)14-24/h1-14H. The number of ether oxygens (including phenoxy) is 2. The molecule has 0 atom stereocenters. The van der Waals surface area contributed by atoms with E-state index in [0.717, 1.165) is 0 Å². The van der Waals surface area contributed by atoms with Gasteiger partial charge in [0.1, 0.15) is 23.0 Å². The first-order valence-electron chi connectivity index (χ1n) is 8.24. The van der Waals surface area contributed by atoms with Crippen LogP contribution in [-0.2, 0) is 9.59 Å². The molecule has 0 spiro atoms. The number of carbonyl (C=O) groups excluding carboxylic acids is 4. The fraction of sp³-hybridized carbons (Fsp3) is 0. The van der Waals surface area contributed by atoms with E-state index in [1.807, 2.05) is 0 Å². The van der Waals surface area contributed by atoms with Crippen molar-refractivity contribution in [1.29, 1.82) is 0 Å². The molecule has 0 amide bonds. The molecule has 3 aromatic rings. The molecule has 138 valence electrons. The van der Waals surface area contributed by atoms with Crippen molar-refractivity contribution in [2.24, 2.45) is 0 Å². The maximum atomic E-state index is 11.3. The van der Waals surface area contributed by atoms with Crippen LogP contribution in [0.1, 0.15) is 20.7 Å².